The summed E-state index contributed by atoms with van der Waals surface area (Å²) in [6, 6.07) is 15.3. The van der Waals surface area contributed by atoms with Gasteiger partial charge in [-0.3, -0.25) is 9.69 Å². The number of carbonyl (C=O) groups is 1. The summed E-state index contributed by atoms with van der Waals surface area (Å²) in [6.45, 7) is 4.44. The molecular formula is C17H21N3O. The van der Waals surface area contributed by atoms with Gasteiger partial charge >= 0.3 is 0 Å². The topological polar surface area (TPSA) is 72.3 Å². The molecule has 4 N–H and O–H groups in total. The maximum atomic E-state index is 11.5. The molecule has 0 atom stereocenters. The zero-order valence-corrected chi connectivity index (χ0v) is 12.3. The number of nitrogens with two attached hydrogens (primary N) is 2. The van der Waals surface area contributed by atoms with Crippen molar-refractivity contribution >= 4 is 11.6 Å². The lowest BCUT2D eigenvalue weighted by molar-refractivity contribution is 0.0998. The number of amides is 1. The molecular weight excluding hydrogens is 262 g/mol. The minimum absolute atomic E-state index is 0.384. The van der Waals surface area contributed by atoms with Gasteiger partial charge in [0.1, 0.15) is 0 Å². The zero-order chi connectivity index (χ0) is 15.2. The molecule has 0 heterocycles. The average Bonchev–Trinajstić information content (AvgIpc) is 2.47. The van der Waals surface area contributed by atoms with Crippen molar-refractivity contribution in [2.24, 2.45) is 5.73 Å². The Labute approximate surface area is 125 Å². The van der Waals surface area contributed by atoms with E-state index < -0.39 is 0 Å². The number of rotatable bonds is 6. The van der Waals surface area contributed by atoms with Crippen LogP contribution in [0.3, 0.4) is 0 Å². The Morgan fingerprint density at radius 3 is 2.52 bits per heavy atom. The van der Waals surface area contributed by atoms with Crippen LogP contribution in [0.4, 0.5) is 5.69 Å². The minimum atomic E-state index is -0.384. The monoisotopic (exact) mass is 283 g/mol. The molecule has 0 aliphatic heterocycles. The van der Waals surface area contributed by atoms with Crippen molar-refractivity contribution in [2.45, 2.75) is 20.0 Å². The Morgan fingerprint density at radius 2 is 1.86 bits per heavy atom. The summed E-state index contributed by atoms with van der Waals surface area (Å²) in [5.41, 5.74) is 14.7. The first-order valence-corrected chi connectivity index (χ1v) is 7.04. The fourth-order valence-electron chi connectivity index (χ4n) is 2.37. The molecule has 0 radical (unpaired) electrons. The number of nitrogens with zero attached hydrogens (tertiary/aromatic N) is 1. The van der Waals surface area contributed by atoms with Crippen LogP contribution in [0.15, 0.2) is 48.5 Å². The standard InChI is InChI=1S/C17H21N3O/c1-2-20(11-13-6-5-8-15(18)10-13)12-14-7-3-4-9-16(14)17(19)21/h3-10H,2,11-12,18H2,1H3,(H2,19,21). The van der Waals surface area contributed by atoms with Gasteiger partial charge in [-0.15, -0.1) is 0 Å². The van der Waals surface area contributed by atoms with Crippen LogP contribution in [0.1, 0.15) is 28.4 Å². The molecule has 0 spiro atoms. The van der Waals surface area contributed by atoms with E-state index in [2.05, 4.69) is 17.9 Å². The number of primary amides is 1. The predicted octanol–water partition coefficient (Wildman–Crippen LogP) is 2.39. The highest BCUT2D eigenvalue weighted by molar-refractivity contribution is 5.94. The average molecular weight is 283 g/mol. The van der Waals surface area contributed by atoms with Gasteiger partial charge in [-0.05, 0) is 35.9 Å². The number of hydrogen-bond donors (Lipinski definition) is 2. The van der Waals surface area contributed by atoms with Crippen LogP contribution in [-0.4, -0.2) is 17.4 Å². The van der Waals surface area contributed by atoms with Crippen molar-refractivity contribution in [3.8, 4) is 0 Å². The summed E-state index contributed by atoms with van der Waals surface area (Å²) in [5.74, 6) is -0.384. The van der Waals surface area contributed by atoms with Gasteiger partial charge in [0.25, 0.3) is 0 Å². The highest BCUT2D eigenvalue weighted by atomic mass is 16.1. The quantitative estimate of drug-likeness (QED) is 0.800. The molecule has 0 aliphatic carbocycles. The molecule has 0 saturated carbocycles. The fraction of sp³-hybridized carbons (Fsp3) is 0.235. The van der Waals surface area contributed by atoms with E-state index in [1.165, 1.54) is 0 Å². The van der Waals surface area contributed by atoms with Crippen molar-refractivity contribution in [1.82, 2.24) is 4.90 Å². The molecule has 2 aromatic rings. The van der Waals surface area contributed by atoms with Gasteiger partial charge in [0, 0.05) is 24.3 Å². The second kappa shape index (κ2) is 6.90. The molecule has 2 aromatic carbocycles. The second-order valence-electron chi connectivity index (χ2n) is 5.07. The van der Waals surface area contributed by atoms with E-state index in [4.69, 9.17) is 11.5 Å². The van der Waals surface area contributed by atoms with Crippen molar-refractivity contribution < 1.29 is 4.79 Å². The van der Waals surface area contributed by atoms with E-state index >= 15 is 0 Å². The maximum Gasteiger partial charge on any atom is 0.249 e. The van der Waals surface area contributed by atoms with Gasteiger partial charge in [0.2, 0.25) is 5.91 Å². The Kier molecular flexibility index (Phi) is 4.95. The van der Waals surface area contributed by atoms with Crippen LogP contribution in [-0.2, 0) is 13.1 Å². The van der Waals surface area contributed by atoms with Crippen LogP contribution in [0.25, 0.3) is 0 Å². The van der Waals surface area contributed by atoms with Crippen molar-refractivity contribution in [3.05, 3.63) is 65.2 Å². The SMILES string of the molecule is CCN(Cc1cccc(N)c1)Cc1ccccc1C(N)=O. The van der Waals surface area contributed by atoms with Gasteiger partial charge in [0.15, 0.2) is 0 Å². The summed E-state index contributed by atoms with van der Waals surface area (Å²) in [7, 11) is 0. The Morgan fingerprint density at radius 1 is 1.10 bits per heavy atom. The van der Waals surface area contributed by atoms with Crippen LogP contribution in [0.2, 0.25) is 0 Å². The third-order valence-electron chi connectivity index (χ3n) is 3.48. The minimum Gasteiger partial charge on any atom is -0.399 e. The molecule has 0 aliphatic rings. The lowest BCUT2D eigenvalue weighted by atomic mass is 10.1. The Bertz CT molecular complexity index is 625. The van der Waals surface area contributed by atoms with Gasteiger partial charge in [-0.2, -0.15) is 0 Å². The van der Waals surface area contributed by atoms with Crippen LogP contribution in [0, 0.1) is 0 Å². The largest absolute Gasteiger partial charge is 0.399 e. The third-order valence-corrected chi connectivity index (χ3v) is 3.48. The number of benzene rings is 2. The first-order chi connectivity index (χ1) is 10.1. The molecule has 110 valence electrons. The maximum absolute atomic E-state index is 11.5. The number of nitrogen functional groups attached to an aromatic ring is 1. The Hall–Kier alpha value is -2.33. The first-order valence-electron chi connectivity index (χ1n) is 7.04. The first kappa shape index (κ1) is 15.1. The van der Waals surface area contributed by atoms with Crippen molar-refractivity contribution in [1.29, 1.82) is 0 Å². The van der Waals surface area contributed by atoms with E-state index in [1.54, 1.807) is 6.07 Å². The van der Waals surface area contributed by atoms with Crippen LogP contribution < -0.4 is 11.5 Å². The number of carbonyl (C=O) groups excluding carboxylic acids is 1. The van der Waals surface area contributed by atoms with Gasteiger partial charge in [0.05, 0.1) is 0 Å². The smallest absolute Gasteiger partial charge is 0.249 e. The Balaban J connectivity index is 2.14. The van der Waals surface area contributed by atoms with Crippen LogP contribution in [0.5, 0.6) is 0 Å². The van der Waals surface area contributed by atoms with Gasteiger partial charge in [-0.1, -0.05) is 37.3 Å². The van der Waals surface area contributed by atoms with Gasteiger partial charge < -0.3 is 11.5 Å². The van der Waals surface area contributed by atoms with Crippen LogP contribution >= 0.6 is 0 Å². The highest BCUT2D eigenvalue weighted by Gasteiger charge is 2.11. The van der Waals surface area contributed by atoms with E-state index in [1.807, 2.05) is 36.4 Å². The fourth-order valence-corrected chi connectivity index (χ4v) is 2.37. The van der Waals surface area contributed by atoms with E-state index in [0.29, 0.717) is 12.1 Å². The molecule has 0 bridgehead atoms. The molecule has 0 fully saturated rings. The molecule has 0 aromatic heterocycles. The van der Waals surface area contributed by atoms with Gasteiger partial charge in [-0.25, -0.2) is 0 Å². The predicted molar refractivity (Wildman–Crippen MR) is 85.6 cm³/mol. The van der Waals surface area contributed by atoms with E-state index in [0.717, 1.165) is 29.9 Å². The molecule has 21 heavy (non-hydrogen) atoms. The van der Waals surface area contributed by atoms with E-state index in [9.17, 15) is 4.79 Å². The third kappa shape index (κ3) is 4.07. The molecule has 4 nitrogen and oxygen atoms in total. The second-order valence-corrected chi connectivity index (χ2v) is 5.07. The molecule has 0 saturated heterocycles. The summed E-state index contributed by atoms with van der Waals surface area (Å²) in [5, 5.41) is 0. The summed E-state index contributed by atoms with van der Waals surface area (Å²) in [4.78, 5) is 13.7. The summed E-state index contributed by atoms with van der Waals surface area (Å²) in [6.07, 6.45) is 0. The normalized spacial score (nSPS) is 10.8. The molecule has 2 rings (SSSR count). The van der Waals surface area contributed by atoms with Crippen molar-refractivity contribution in [3.63, 3.8) is 0 Å². The highest BCUT2D eigenvalue weighted by Crippen LogP contribution is 2.15. The van der Waals surface area contributed by atoms with E-state index in [-0.39, 0.29) is 5.91 Å². The van der Waals surface area contributed by atoms with Crippen molar-refractivity contribution in [2.75, 3.05) is 12.3 Å². The summed E-state index contributed by atoms with van der Waals surface area (Å²) >= 11 is 0. The number of hydrogen-bond acceptors (Lipinski definition) is 3. The summed E-state index contributed by atoms with van der Waals surface area (Å²) < 4.78 is 0. The lowest BCUT2D eigenvalue weighted by Gasteiger charge is -2.21. The number of anilines is 1. The molecule has 4 heteroatoms. The molecule has 1 amide bonds. The molecule has 0 unspecified atom stereocenters. The zero-order valence-electron chi connectivity index (χ0n) is 12.3. The lowest BCUT2D eigenvalue weighted by Crippen LogP contribution is -2.24.